The first kappa shape index (κ1) is 22.1. The molecule has 2 rings (SSSR count). The lowest BCUT2D eigenvalue weighted by Crippen LogP contribution is -2.39. The van der Waals surface area contributed by atoms with Crippen LogP contribution in [0.15, 0.2) is 53.5 Å². The first-order valence-corrected chi connectivity index (χ1v) is 8.57. The third-order valence-electron chi connectivity index (χ3n) is 3.95. The zero-order valence-electron chi connectivity index (χ0n) is 15.5. The normalized spacial score (nSPS) is 12.0. The molecule has 0 aliphatic rings. The van der Waals surface area contributed by atoms with Crippen LogP contribution in [0.4, 0.5) is 0 Å². The molecular weight excluding hydrogens is 441 g/mol. The van der Waals surface area contributed by atoms with Gasteiger partial charge in [0.1, 0.15) is 0 Å². The number of rotatable bonds is 7. The van der Waals surface area contributed by atoms with Gasteiger partial charge in [-0.3, -0.25) is 0 Å². The number of benzene rings is 2. The number of hydrogen-bond acceptors (Lipinski definition) is 3. The van der Waals surface area contributed by atoms with Gasteiger partial charge in [-0.05, 0) is 36.1 Å². The van der Waals surface area contributed by atoms with Crippen LogP contribution in [-0.4, -0.2) is 31.3 Å². The Bertz CT molecular complexity index is 693. The summed E-state index contributed by atoms with van der Waals surface area (Å²) in [6, 6.07) is 15.7. The molecule has 0 heterocycles. The minimum atomic E-state index is 0. The topological polar surface area (TPSA) is 65.9 Å². The second-order valence-electron chi connectivity index (χ2n) is 5.89. The lowest BCUT2D eigenvalue weighted by molar-refractivity contribution is 0.373. The summed E-state index contributed by atoms with van der Waals surface area (Å²) in [6.45, 7) is 6.29. The van der Waals surface area contributed by atoms with Crippen LogP contribution in [0.2, 0.25) is 0 Å². The minimum absolute atomic E-state index is 0. The van der Waals surface area contributed by atoms with Crippen LogP contribution >= 0.6 is 24.0 Å². The number of halogens is 1. The van der Waals surface area contributed by atoms with Gasteiger partial charge in [0.25, 0.3) is 0 Å². The monoisotopic (exact) mass is 469 g/mol. The summed E-state index contributed by atoms with van der Waals surface area (Å²) in [5.74, 6) is 1.75. The fourth-order valence-electron chi connectivity index (χ4n) is 2.50. The Hall–Kier alpha value is -1.96. The molecule has 3 N–H and O–H groups in total. The molecule has 5 nitrogen and oxygen atoms in total. The summed E-state index contributed by atoms with van der Waals surface area (Å²) in [4.78, 5) is 4.59. The van der Waals surface area contributed by atoms with E-state index in [4.69, 9.17) is 4.74 Å². The predicted octanol–water partition coefficient (Wildman–Crippen LogP) is 3.88. The smallest absolute Gasteiger partial charge is 0.191 e. The van der Waals surface area contributed by atoms with Gasteiger partial charge in [0, 0.05) is 13.1 Å². The van der Waals surface area contributed by atoms with Crippen molar-refractivity contribution in [1.82, 2.24) is 10.6 Å². The van der Waals surface area contributed by atoms with Crippen LogP contribution in [0, 0.1) is 0 Å². The second kappa shape index (κ2) is 11.6. The molecule has 0 saturated carbocycles. The number of guanidine groups is 1. The summed E-state index contributed by atoms with van der Waals surface area (Å²) in [5, 5.41) is 16.5. The molecular formula is C20H28IN3O2. The van der Waals surface area contributed by atoms with Crippen molar-refractivity contribution in [3.63, 3.8) is 0 Å². The Balaban J connectivity index is 0.00000338. The van der Waals surface area contributed by atoms with Crippen molar-refractivity contribution in [2.45, 2.75) is 26.3 Å². The molecule has 0 amide bonds. The Morgan fingerprint density at radius 2 is 1.88 bits per heavy atom. The highest BCUT2D eigenvalue weighted by Gasteiger charge is 2.07. The van der Waals surface area contributed by atoms with E-state index in [9.17, 15) is 5.11 Å². The summed E-state index contributed by atoms with van der Waals surface area (Å²) in [6.07, 6.45) is 0. The molecule has 2 aromatic rings. The number of phenolic OH excluding ortho intramolecular Hbond substituents is 1. The lowest BCUT2D eigenvalue weighted by atomic mass is 10.0. The van der Waals surface area contributed by atoms with Crippen molar-refractivity contribution >= 4 is 29.9 Å². The zero-order valence-corrected chi connectivity index (χ0v) is 17.9. The standard InChI is InChI=1S/C20H27N3O2.HI/c1-4-21-20(22-13-15(2)17-8-6-5-7-9-17)23-14-16-10-11-19(25-3)18(24)12-16;/h5-12,15,24H,4,13-14H2,1-3H3,(H2,21,22,23);1H. The van der Waals surface area contributed by atoms with E-state index in [0.29, 0.717) is 18.2 Å². The van der Waals surface area contributed by atoms with Gasteiger partial charge in [-0.1, -0.05) is 43.3 Å². The molecule has 0 aliphatic carbocycles. The molecule has 2 aromatic carbocycles. The van der Waals surface area contributed by atoms with Gasteiger partial charge < -0.3 is 20.5 Å². The number of hydrogen-bond donors (Lipinski definition) is 3. The largest absolute Gasteiger partial charge is 0.504 e. The maximum atomic E-state index is 9.86. The number of aromatic hydroxyl groups is 1. The van der Waals surface area contributed by atoms with Crippen LogP contribution in [0.5, 0.6) is 11.5 Å². The average molecular weight is 469 g/mol. The number of ether oxygens (including phenoxy) is 1. The Labute approximate surface area is 172 Å². The highest BCUT2D eigenvalue weighted by atomic mass is 127. The molecule has 142 valence electrons. The first-order chi connectivity index (χ1) is 12.1. The summed E-state index contributed by atoms with van der Waals surface area (Å²) >= 11 is 0. The summed E-state index contributed by atoms with van der Waals surface area (Å²) in [5.41, 5.74) is 2.22. The van der Waals surface area contributed by atoms with Crippen molar-refractivity contribution in [3.05, 3.63) is 59.7 Å². The molecule has 1 atom stereocenters. The van der Waals surface area contributed by atoms with Gasteiger partial charge in [0.15, 0.2) is 17.5 Å². The molecule has 1 unspecified atom stereocenters. The molecule has 26 heavy (non-hydrogen) atoms. The highest BCUT2D eigenvalue weighted by molar-refractivity contribution is 14.0. The van der Waals surface area contributed by atoms with Gasteiger partial charge in [-0.25, -0.2) is 4.99 Å². The van der Waals surface area contributed by atoms with Crippen molar-refractivity contribution in [3.8, 4) is 11.5 Å². The zero-order chi connectivity index (χ0) is 18.1. The fourth-order valence-corrected chi connectivity index (χ4v) is 2.50. The van der Waals surface area contributed by atoms with E-state index in [0.717, 1.165) is 24.6 Å². The predicted molar refractivity (Wildman–Crippen MR) is 118 cm³/mol. The lowest BCUT2D eigenvalue weighted by Gasteiger charge is -2.16. The van der Waals surface area contributed by atoms with E-state index in [1.807, 2.05) is 19.1 Å². The van der Waals surface area contributed by atoms with E-state index < -0.39 is 0 Å². The number of nitrogens with one attached hydrogen (secondary N) is 2. The number of phenols is 1. The maximum absolute atomic E-state index is 9.86. The molecule has 0 saturated heterocycles. The third-order valence-corrected chi connectivity index (χ3v) is 3.95. The number of methoxy groups -OCH3 is 1. The van der Waals surface area contributed by atoms with Gasteiger partial charge in [-0.15, -0.1) is 24.0 Å². The van der Waals surface area contributed by atoms with Crippen molar-refractivity contribution < 1.29 is 9.84 Å². The number of nitrogens with zero attached hydrogens (tertiary/aromatic N) is 1. The molecule has 0 spiro atoms. The number of aliphatic imine (C=N–C) groups is 1. The van der Waals surface area contributed by atoms with Gasteiger partial charge >= 0.3 is 0 Å². The van der Waals surface area contributed by atoms with E-state index in [1.165, 1.54) is 12.7 Å². The molecule has 0 radical (unpaired) electrons. The third kappa shape index (κ3) is 6.74. The van der Waals surface area contributed by atoms with Crippen LogP contribution in [0.1, 0.15) is 30.9 Å². The second-order valence-corrected chi connectivity index (χ2v) is 5.89. The summed E-state index contributed by atoms with van der Waals surface area (Å²) < 4.78 is 5.06. The van der Waals surface area contributed by atoms with Crippen LogP contribution in [0.25, 0.3) is 0 Å². The van der Waals surface area contributed by atoms with Crippen molar-refractivity contribution in [2.24, 2.45) is 4.99 Å². The van der Waals surface area contributed by atoms with E-state index in [-0.39, 0.29) is 29.7 Å². The van der Waals surface area contributed by atoms with Crippen LogP contribution in [-0.2, 0) is 6.54 Å². The molecule has 0 aromatic heterocycles. The summed E-state index contributed by atoms with van der Waals surface area (Å²) in [7, 11) is 1.54. The van der Waals surface area contributed by atoms with Crippen LogP contribution < -0.4 is 15.4 Å². The van der Waals surface area contributed by atoms with Crippen molar-refractivity contribution in [1.29, 1.82) is 0 Å². The average Bonchev–Trinajstić information content (AvgIpc) is 2.64. The Kier molecular flexibility index (Phi) is 9.87. The quantitative estimate of drug-likeness (QED) is 0.327. The molecule has 0 aliphatic heterocycles. The van der Waals surface area contributed by atoms with E-state index >= 15 is 0 Å². The fraction of sp³-hybridized carbons (Fsp3) is 0.350. The van der Waals surface area contributed by atoms with Gasteiger partial charge in [0.2, 0.25) is 0 Å². The molecule has 6 heteroatoms. The van der Waals surface area contributed by atoms with E-state index in [2.05, 4.69) is 46.8 Å². The van der Waals surface area contributed by atoms with Gasteiger partial charge in [0.05, 0.1) is 13.7 Å². The molecule has 0 fully saturated rings. The molecule has 0 bridgehead atoms. The minimum Gasteiger partial charge on any atom is -0.504 e. The highest BCUT2D eigenvalue weighted by Crippen LogP contribution is 2.26. The first-order valence-electron chi connectivity index (χ1n) is 8.57. The Morgan fingerprint density at radius 1 is 1.15 bits per heavy atom. The van der Waals surface area contributed by atoms with Crippen LogP contribution in [0.3, 0.4) is 0 Å². The Morgan fingerprint density at radius 3 is 2.50 bits per heavy atom. The SMILES string of the molecule is CCNC(=NCc1ccc(OC)c(O)c1)NCC(C)c1ccccc1.I. The van der Waals surface area contributed by atoms with E-state index in [1.54, 1.807) is 12.1 Å². The maximum Gasteiger partial charge on any atom is 0.191 e. The van der Waals surface area contributed by atoms with Gasteiger partial charge in [-0.2, -0.15) is 0 Å². The van der Waals surface area contributed by atoms with Crippen molar-refractivity contribution in [2.75, 3.05) is 20.2 Å².